The van der Waals surface area contributed by atoms with Crippen LogP contribution in [0.1, 0.15) is 44.7 Å². The molecule has 1 amide bonds. The normalized spacial score (nSPS) is 11.4. The first-order chi connectivity index (χ1) is 9.34. The molecule has 0 saturated heterocycles. The number of hydrogen-bond donors (Lipinski definition) is 1. The summed E-state index contributed by atoms with van der Waals surface area (Å²) in [5, 5.41) is 3.06. The fraction of sp³-hybridized carbons (Fsp3) is 0.588. The van der Waals surface area contributed by atoms with E-state index < -0.39 is 0 Å². The van der Waals surface area contributed by atoms with Crippen LogP contribution < -0.4 is 5.32 Å². The molecule has 0 radical (unpaired) electrons. The van der Waals surface area contributed by atoms with Gasteiger partial charge in [0.05, 0.1) is 0 Å². The molecule has 1 aromatic rings. The molecule has 3 heteroatoms. The van der Waals surface area contributed by atoms with Crippen LogP contribution in [0.4, 0.5) is 0 Å². The molecule has 0 aliphatic rings. The second-order valence-electron chi connectivity index (χ2n) is 6.40. The lowest BCUT2D eigenvalue weighted by Gasteiger charge is -2.21. The molecule has 112 valence electrons. The van der Waals surface area contributed by atoms with Gasteiger partial charge in [0.2, 0.25) is 5.91 Å². The van der Waals surface area contributed by atoms with E-state index in [1.165, 1.54) is 11.1 Å². The Hall–Kier alpha value is -1.35. The number of hydrogen-bond acceptors (Lipinski definition) is 2. The topological polar surface area (TPSA) is 32.3 Å². The minimum absolute atomic E-state index is 0.174. The maximum absolute atomic E-state index is 11.9. The third-order valence-electron chi connectivity index (χ3n) is 3.48. The summed E-state index contributed by atoms with van der Waals surface area (Å²) in [6.45, 7) is 8.20. The van der Waals surface area contributed by atoms with E-state index in [1.807, 2.05) is 19.0 Å². The lowest BCUT2D eigenvalue weighted by atomic mass is 9.87. The molecule has 0 aliphatic heterocycles. The second kappa shape index (κ2) is 7.44. The Labute approximate surface area is 123 Å². The number of rotatable bonds is 6. The van der Waals surface area contributed by atoms with Gasteiger partial charge >= 0.3 is 0 Å². The third kappa shape index (κ3) is 5.33. The molecule has 1 aromatic carbocycles. The SMILES string of the molecule is CNCCCC(=O)N(C)Cc1ccc(C(C)(C)C)cc1. The van der Waals surface area contributed by atoms with Crippen LogP contribution in [-0.4, -0.2) is 31.4 Å². The summed E-state index contributed by atoms with van der Waals surface area (Å²) in [5.41, 5.74) is 2.68. The fourth-order valence-electron chi connectivity index (χ4n) is 2.08. The zero-order chi connectivity index (χ0) is 15.2. The summed E-state index contributed by atoms with van der Waals surface area (Å²) in [6, 6.07) is 8.57. The average Bonchev–Trinajstić information content (AvgIpc) is 2.38. The van der Waals surface area contributed by atoms with Crippen LogP contribution in [0.25, 0.3) is 0 Å². The van der Waals surface area contributed by atoms with Gasteiger partial charge in [0.15, 0.2) is 0 Å². The minimum atomic E-state index is 0.174. The number of carbonyl (C=O) groups is 1. The second-order valence-corrected chi connectivity index (χ2v) is 6.40. The summed E-state index contributed by atoms with van der Waals surface area (Å²) >= 11 is 0. The van der Waals surface area contributed by atoms with Gasteiger partial charge in [-0.3, -0.25) is 4.79 Å². The van der Waals surface area contributed by atoms with Crippen molar-refractivity contribution in [1.29, 1.82) is 0 Å². The highest BCUT2D eigenvalue weighted by Gasteiger charge is 2.13. The van der Waals surface area contributed by atoms with E-state index in [-0.39, 0.29) is 11.3 Å². The highest BCUT2D eigenvalue weighted by molar-refractivity contribution is 5.75. The summed E-state index contributed by atoms with van der Waals surface area (Å²) in [4.78, 5) is 13.8. The molecule has 0 heterocycles. The van der Waals surface area contributed by atoms with Gasteiger partial charge in [-0.15, -0.1) is 0 Å². The molecule has 3 nitrogen and oxygen atoms in total. The fourth-order valence-corrected chi connectivity index (χ4v) is 2.08. The zero-order valence-electron chi connectivity index (χ0n) is 13.5. The van der Waals surface area contributed by atoms with Crippen molar-refractivity contribution in [3.63, 3.8) is 0 Å². The first kappa shape index (κ1) is 16.7. The number of nitrogens with zero attached hydrogens (tertiary/aromatic N) is 1. The summed E-state index contributed by atoms with van der Waals surface area (Å²) in [6.07, 6.45) is 1.50. The molecule has 0 bridgehead atoms. The van der Waals surface area contributed by atoms with Gasteiger partial charge in [-0.05, 0) is 36.6 Å². The van der Waals surface area contributed by atoms with Gasteiger partial charge in [0.1, 0.15) is 0 Å². The Morgan fingerprint density at radius 1 is 1.20 bits per heavy atom. The van der Waals surface area contributed by atoms with Crippen LogP contribution in [0.15, 0.2) is 24.3 Å². The molecule has 0 unspecified atom stereocenters. The number of carbonyl (C=O) groups excluding carboxylic acids is 1. The van der Waals surface area contributed by atoms with Crippen molar-refractivity contribution in [3.8, 4) is 0 Å². The van der Waals surface area contributed by atoms with Crippen molar-refractivity contribution < 1.29 is 4.79 Å². The molecule has 0 aromatic heterocycles. The van der Waals surface area contributed by atoms with E-state index in [4.69, 9.17) is 0 Å². The van der Waals surface area contributed by atoms with Gasteiger partial charge in [0.25, 0.3) is 0 Å². The molecule has 0 atom stereocenters. The van der Waals surface area contributed by atoms with E-state index in [9.17, 15) is 4.79 Å². The molecular formula is C17H28N2O. The molecule has 20 heavy (non-hydrogen) atoms. The van der Waals surface area contributed by atoms with Crippen LogP contribution in [0.2, 0.25) is 0 Å². The molecule has 0 saturated carbocycles. The van der Waals surface area contributed by atoms with Crippen LogP contribution in [0, 0.1) is 0 Å². The Morgan fingerprint density at radius 3 is 2.30 bits per heavy atom. The molecule has 0 spiro atoms. The van der Waals surface area contributed by atoms with E-state index in [0.29, 0.717) is 13.0 Å². The Morgan fingerprint density at radius 2 is 1.80 bits per heavy atom. The number of benzene rings is 1. The highest BCUT2D eigenvalue weighted by Crippen LogP contribution is 2.22. The van der Waals surface area contributed by atoms with Crippen molar-refractivity contribution in [2.75, 3.05) is 20.6 Å². The first-order valence-corrected chi connectivity index (χ1v) is 7.32. The molecule has 0 fully saturated rings. The Kier molecular flexibility index (Phi) is 6.21. The standard InChI is InChI=1S/C17H28N2O/c1-17(2,3)15-10-8-14(9-11-15)13-19(5)16(20)7-6-12-18-4/h8-11,18H,6-7,12-13H2,1-5H3. The summed E-state index contributed by atoms with van der Waals surface area (Å²) in [7, 11) is 3.78. The minimum Gasteiger partial charge on any atom is -0.341 e. The zero-order valence-corrected chi connectivity index (χ0v) is 13.5. The smallest absolute Gasteiger partial charge is 0.222 e. The van der Waals surface area contributed by atoms with Gasteiger partial charge in [-0.25, -0.2) is 0 Å². The van der Waals surface area contributed by atoms with E-state index in [2.05, 4.69) is 50.4 Å². The lowest BCUT2D eigenvalue weighted by Crippen LogP contribution is -2.26. The maximum atomic E-state index is 11.9. The highest BCUT2D eigenvalue weighted by atomic mass is 16.2. The molecular weight excluding hydrogens is 248 g/mol. The van der Waals surface area contributed by atoms with Gasteiger partial charge in [0, 0.05) is 20.0 Å². The summed E-state index contributed by atoms with van der Waals surface area (Å²) < 4.78 is 0. The van der Waals surface area contributed by atoms with Gasteiger partial charge in [-0.1, -0.05) is 45.0 Å². The van der Waals surface area contributed by atoms with Crippen molar-refractivity contribution in [2.45, 2.75) is 45.6 Å². The Bertz CT molecular complexity index is 418. The van der Waals surface area contributed by atoms with E-state index in [0.717, 1.165) is 13.0 Å². The van der Waals surface area contributed by atoms with Crippen LogP contribution >= 0.6 is 0 Å². The van der Waals surface area contributed by atoms with E-state index in [1.54, 1.807) is 0 Å². The number of nitrogens with one attached hydrogen (secondary N) is 1. The third-order valence-corrected chi connectivity index (χ3v) is 3.48. The average molecular weight is 276 g/mol. The molecule has 1 rings (SSSR count). The monoisotopic (exact) mass is 276 g/mol. The number of amides is 1. The molecule has 1 N–H and O–H groups in total. The Balaban J connectivity index is 2.53. The first-order valence-electron chi connectivity index (χ1n) is 7.32. The predicted octanol–water partition coefficient (Wildman–Crippen LogP) is 2.94. The van der Waals surface area contributed by atoms with E-state index >= 15 is 0 Å². The van der Waals surface area contributed by atoms with Crippen molar-refractivity contribution in [3.05, 3.63) is 35.4 Å². The van der Waals surface area contributed by atoms with Crippen molar-refractivity contribution in [2.24, 2.45) is 0 Å². The van der Waals surface area contributed by atoms with Crippen molar-refractivity contribution in [1.82, 2.24) is 10.2 Å². The van der Waals surface area contributed by atoms with Crippen LogP contribution in [0.3, 0.4) is 0 Å². The maximum Gasteiger partial charge on any atom is 0.222 e. The quantitative estimate of drug-likeness (QED) is 0.810. The van der Waals surface area contributed by atoms with Crippen LogP contribution in [0.5, 0.6) is 0 Å². The van der Waals surface area contributed by atoms with Crippen LogP contribution in [-0.2, 0) is 16.8 Å². The molecule has 0 aliphatic carbocycles. The van der Waals surface area contributed by atoms with Crippen molar-refractivity contribution >= 4 is 5.91 Å². The lowest BCUT2D eigenvalue weighted by molar-refractivity contribution is -0.130. The predicted molar refractivity (Wildman–Crippen MR) is 84.8 cm³/mol. The largest absolute Gasteiger partial charge is 0.341 e. The summed E-state index contributed by atoms with van der Waals surface area (Å²) in [5.74, 6) is 0.208. The van der Waals surface area contributed by atoms with Gasteiger partial charge in [-0.2, -0.15) is 0 Å². The van der Waals surface area contributed by atoms with Gasteiger partial charge < -0.3 is 10.2 Å².